The van der Waals surface area contributed by atoms with Gasteiger partial charge in [0.15, 0.2) is 5.54 Å². The molecular formula is C18H16BrF3N4O2. The number of rotatable bonds is 4. The average molecular weight is 457 g/mol. The molecule has 0 saturated carbocycles. The van der Waals surface area contributed by atoms with Crippen LogP contribution in [0.25, 0.3) is 0 Å². The van der Waals surface area contributed by atoms with E-state index in [0.717, 1.165) is 12.1 Å². The number of halogens is 4. The minimum atomic E-state index is -3.07. The third-order valence-electron chi connectivity index (χ3n) is 4.23. The maximum atomic E-state index is 14.4. The molecule has 10 heteroatoms. The molecule has 148 valence electrons. The maximum Gasteiger partial charge on any atom is 0.274 e. The van der Waals surface area contributed by atoms with Crippen molar-refractivity contribution in [3.63, 3.8) is 0 Å². The summed E-state index contributed by atoms with van der Waals surface area (Å²) >= 11 is 3.26. The van der Waals surface area contributed by atoms with Crippen LogP contribution in [0, 0.1) is 12.7 Å². The fraction of sp³-hybridized carbons (Fsp3) is 0.278. The number of amides is 1. The van der Waals surface area contributed by atoms with Gasteiger partial charge in [-0.05, 0) is 52.7 Å². The number of aliphatic imine (C=N–C) groups is 1. The molecule has 3 N–H and O–H groups in total. The number of anilines is 1. The number of nitrogens with one attached hydrogen (secondary N) is 1. The lowest BCUT2D eigenvalue weighted by molar-refractivity contribution is -0.0145. The number of benzene rings is 1. The first-order chi connectivity index (χ1) is 13.2. The molecule has 0 bridgehead atoms. The molecule has 1 aromatic heterocycles. The zero-order valence-electron chi connectivity index (χ0n) is 14.7. The quantitative estimate of drug-likeness (QED) is 0.737. The van der Waals surface area contributed by atoms with E-state index in [1.54, 1.807) is 13.0 Å². The fourth-order valence-corrected chi connectivity index (χ4v) is 3.35. The monoisotopic (exact) mass is 456 g/mol. The van der Waals surface area contributed by atoms with Gasteiger partial charge in [-0.3, -0.25) is 9.79 Å². The van der Waals surface area contributed by atoms with Crippen molar-refractivity contribution in [2.75, 3.05) is 18.5 Å². The summed E-state index contributed by atoms with van der Waals surface area (Å²) in [5.41, 5.74) is 3.73. The van der Waals surface area contributed by atoms with Crippen LogP contribution in [0.3, 0.4) is 0 Å². The Labute approximate surface area is 167 Å². The van der Waals surface area contributed by atoms with Crippen molar-refractivity contribution >= 4 is 33.4 Å². The van der Waals surface area contributed by atoms with E-state index in [0.29, 0.717) is 10.0 Å². The number of hydrogen-bond acceptors (Lipinski definition) is 5. The lowest BCUT2D eigenvalue weighted by Gasteiger charge is -2.33. The smallest absolute Gasteiger partial charge is 0.274 e. The largest absolute Gasteiger partial charge is 0.385 e. The number of alkyl halides is 2. The lowest BCUT2D eigenvalue weighted by Crippen LogP contribution is -2.45. The highest BCUT2D eigenvalue weighted by Gasteiger charge is 2.46. The van der Waals surface area contributed by atoms with Gasteiger partial charge >= 0.3 is 0 Å². The second kappa shape index (κ2) is 7.88. The predicted octanol–water partition coefficient (Wildman–Crippen LogP) is 3.39. The van der Waals surface area contributed by atoms with E-state index in [4.69, 9.17) is 10.5 Å². The van der Waals surface area contributed by atoms with E-state index in [9.17, 15) is 18.0 Å². The number of aryl methyl sites for hydroxylation is 1. The van der Waals surface area contributed by atoms with Gasteiger partial charge in [0.1, 0.15) is 24.0 Å². The molecule has 28 heavy (non-hydrogen) atoms. The molecule has 1 aromatic carbocycles. The molecule has 0 radical (unpaired) electrons. The van der Waals surface area contributed by atoms with Gasteiger partial charge in [0.25, 0.3) is 12.3 Å². The summed E-state index contributed by atoms with van der Waals surface area (Å²) in [6, 6.07) is 5.07. The number of amidine groups is 1. The normalized spacial score (nSPS) is 19.4. The van der Waals surface area contributed by atoms with Crippen molar-refractivity contribution in [2.24, 2.45) is 10.7 Å². The van der Waals surface area contributed by atoms with Crippen molar-refractivity contribution in [1.82, 2.24) is 4.98 Å². The Morgan fingerprint density at radius 2 is 2.14 bits per heavy atom. The first-order valence-corrected chi connectivity index (χ1v) is 8.96. The Balaban J connectivity index is 1.97. The van der Waals surface area contributed by atoms with Crippen molar-refractivity contribution in [2.45, 2.75) is 18.9 Å². The predicted molar refractivity (Wildman–Crippen MR) is 101 cm³/mol. The van der Waals surface area contributed by atoms with Crippen LogP contribution in [0.1, 0.15) is 21.6 Å². The van der Waals surface area contributed by atoms with Gasteiger partial charge in [0, 0.05) is 21.9 Å². The van der Waals surface area contributed by atoms with Gasteiger partial charge in [0.2, 0.25) is 0 Å². The molecule has 1 atom stereocenters. The van der Waals surface area contributed by atoms with Gasteiger partial charge in [-0.15, -0.1) is 0 Å². The van der Waals surface area contributed by atoms with Gasteiger partial charge in [-0.2, -0.15) is 0 Å². The van der Waals surface area contributed by atoms with E-state index < -0.39 is 35.9 Å². The number of carbonyl (C=O) groups excluding carboxylic acids is 1. The Kier molecular flexibility index (Phi) is 5.71. The van der Waals surface area contributed by atoms with Gasteiger partial charge in [-0.1, -0.05) is 0 Å². The zero-order chi connectivity index (χ0) is 20.5. The average Bonchev–Trinajstić information content (AvgIpc) is 2.62. The summed E-state index contributed by atoms with van der Waals surface area (Å²) in [4.78, 5) is 20.3. The second-order valence-electron chi connectivity index (χ2n) is 6.29. The summed E-state index contributed by atoms with van der Waals surface area (Å²) in [7, 11) is 0. The molecule has 3 rings (SSSR count). The van der Waals surface area contributed by atoms with Crippen molar-refractivity contribution < 1.29 is 22.7 Å². The number of nitrogens with zero attached hydrogens (tertiary/aromatic N) is 2. The van der Waals surface area contributed by atoms with Gasteiger partial charge in [0.05, 0.1) is 6.61 Å². The number of pyridine rings is 1. The molecule has 0 unspecified atom stereocenters. The molecule has 1 amide bonds. The molecule has 2 heterocycles. The second-order valence-corrected chi connectivity index (χ2v) is 7.20. The summed E-state index contributed by atoms with van der Waals surface area (Å²) in [5.74, 6) is -1.62. The summed E-state index contributed by atoms with van der Waals surface area (Å²) in [6.07, 6.45) is -1.61. The van der Waals surface area contributed by atoms with Crippen LogP contribution in [0.2, 0.25) is 0 Å². The fourth-order valence-electron chi connectivity index (χ4n) is 2.90. The van der Waals surface area contributed by atoms with E-state index >= 15 is 0 Å². The van der Waals surface area contributed by atoms with Crippen LogP contribution in [0.15, 0.2) is 39.9 Å². The van der Waals surface area contributed by atoms with Gasteiger partial charge < -0.3 is 15.8 Å². The molecule has 2 aromatic rings. The number of aromatic nitrogens is 1. The molecule has 6 nitrogen and oxygen atoms in total. The van der Waals surface area contributed by atoms with E-state index in [2.05, 4.69) is 31.2 Å². The van der Waals surface area contributed by atoms with Crippen LogP contribution >= 0.6 is 15.9 Å². The molecule has 1 aliphatic heterocycles. The summed E-state index contributed by atoms with van der Waals surface area (Å²) < 4.78 is 47.9. The summed E-state index contributed by atoms with van der Waals surface area (Å²) in [5, 5.41) is 2.54. The van der Waals surface area contributed by atoms with Crippen LogP contribution in [0.5, 0.6) is 0 Å². The third-order valence-corrected chi connectivity index (χ3v) is 4.66. The standard InChI is InChI=1S/C18H16BrF3N4O2/c1-9-4-10(19)6-24-15(9)16(27)25-11-2-3-13(20)12(5-11)18(17(21)22)8-28-7-14(23)26-18/h2-6,17H,7-8H2,1H3,(H2,23,26)(H,25,27)/t18-/m0/s1. The Morgan fingerprint density at radius 1 is 1.39 bits per heavy atom. The SMILES string of the molecule is Cc1cc(Br)cnc1C(=O)Nc1ccc(F)c([C@]2(C(F)F)COCC(N)=N2)c1. The first-order valence-electron chi connectivity index (χ1n) is 8.16. The Bertz CT molecular complexity index is 954. The van der Waals surface area contributed by atoms with E-state index in [-0.39, 0.29) is 23.8 Å². The van der Waals surface area contributed by atoms with Crippen molar-refractivity contribution in [1.29, 1.82) is 0 Å². The third kappa shape index (κ3) is 3.88. The molecular weight excluding hydrogens is 441 g/mol. The number of ether oxygens (including phenoxy) is 1. The molecule has 0 aliphatic carbocycles. The Morgan fingerprint density at radius 3 is 2.79 bits per heavy atom. The Hall–Kier alpha value is -2.46. The maximum absolute atomic E-state index is 14.4. The minimum Gasteiger partial charge on any atom is -0.385 e. The number of hydrogen-bond donors (Lipinski definition) is 2. The van der Waals surface area contributed by atoms with Crippen LogP contribution in [0.4, 0.5) is 18.9 Å². The molecule has 0 spiro atoms. The van der Waals surface area contributed by atoms with Crippen molar-refractivity contribution in [3.8, 4) is 0 Å². The topological polar surface area (TPSA) is 89.6 Å². The highest BCUT2D eigenvalue weighted by molar-refractivity contribution is 9.10. The highest BCUT2D eigenvalue weighted by Crippen LogP contribution is 2.38. The van der Waals surface area contributed by atoms with Crippen LogP contribution in [-0.2, 0) is 10.3 Å². The number of carbonyl (C=O) groups is 1. The van der Waals surface area contributed by atoms with Crippen LogP contribution < -0.4 is 11.1 Å². The lowest BCUT2D eigenvalue weighted by atomic mass is 9.90. The molecule has 1 aliphatic rings. The molecule has 0 fully saturated rings. The minimum absolute atomic E-state index is 0.110. The van der Waals surface area contributed by atoms with Gasteiger partial charge in [-0.25, -0.2) is 18.2 Å². The van der Waals surface area contributed by atoms with Crippen molar-refractivity contribution in [3.05, 3.63) is 57.6 Å². The number of nitrogens with two attached hydrogens (primary N) is 1. The highest BCUT2D eigenvalue weighted by atomic mass is 79.9. The zero-order valence-corrected chi connectivity index (χ0v) is 16.3. The van der Waals surface area contributed by atoms with E-state index in [1.807, 2.05) is 0 Å². The first kappa shape index (κ1) is 20.3. The summed E-state index contributed by atoms with van der Waals surface area (Å²) in [6.45, 7) is 1.06. The molecule has 0 saturated heterocycles. The van der Waals surface area contributed by atoms with E-state index in [1.165, 1.54) is 12.3 Å². The van der Waals surface area contributed by atoms with Crippen LogP contribution in [-0.4, -0.2) is 36.4 Å².